The highest BCUT2D eigenvalue weighted by Crippen LogP contribution is 2.18. The van der Waals surface area contributed by atoms with E-state index in [0.29, 0.717) is 6.04 Å². The maximum absolute atomic E-state index is 13.2. The fourth-order valence-electron chi connectivity index (χ4n) is 2.86. The van der Waals surface area contributed by atoms with Crippen LogP contribution in [-0.4, -0.2) is 33.8 Å². The van der Waals surface area contributed by atoms with E-state index >= 15 is 0 Å². The molecule has 0 unspecified atom stereocenters. The fourth-order valence-corrected chi connectivity index (χ4v) is 2.86. The lowest BCUT2D eigenvalue weighted by molar-refractivity contribution is 0.211. The number of hydrogen-bond donors (Lipinski definition) is 1. The summed E-state index contributed by atoms with van der Waals surface area (Å²) in [6, 6.07) is 7.38. The van der Waals surface area contributed by atoms with Crippen LogP contribution in [0, 0.1) is 5.82 Å². The first-order valence-electron chi connectivity index (χ1n) is 7.41. The van der Waals surface area contributed by atoms with Crippen molar-refractivity contribution in [1.82, 2.24) is 14.7 Å². The van der Waals surface area contributed by atoms with Gasteiger partial charge in [-0.15, -0.1) is 0 Å². The van der Waals surface area contributed by atoms with Crippen molar-refractivity contribution in [3.63, 3.8) is 0 Å². The van der Waals surface area contributed by atoms with Gasteiger partial charge in [-0.1, -0.05) is 12.1 Å². The standard InChI is InChI=1S/C16H21FN4/c1-20-12-16(10-18-20)19-15-5-7-21(8-6-15)11-13-3-2-4-14(17)9-13/h2-4,9-10,12,15,19H,5-8,11H2,1H3. The Morgan fingerprint density at radius 1 is 1.33 bits per heavy atom. The number of anilines is 1. The number of benzene rings is 1. The number of hydrogen-bond acceptors (Lipinski definition) is 3. The normalized spacial score (nSPS) is 17.0. The smallest absolute Gasteiger partial charge is 0.123 e. The Balaban J connectivity index is 1.48. The average Bonchev–Trinajstić information content (AvgIpc) is 2.86. The minimum Gasteiger partial charge on any atom is -0.380 e. The van der Waals surface area contributed by atoms with Gasteiger partial charge in [0.2, 0.25) is 0 Å². The molecule has 1 aromatic heterocycles. The molecule has 4 nitrogen and oxygen atoms in total. The van der Waals surface area contributed by atoms with Gasteiger partial charge in [-0.2, -0.15) is 5.10 Å². The van der Waals surface area contributed by atoms with Crippen molar-refractivity contribution in [2.24, 2.45) is 7.05 Å². The third-order valence-corrected chi connectivity index (χ3v) is 3.96. The predicted octanol–water partition coefficient (Wildman–Crippen LogP) is 2.64. The number of rotatable bonds is 4. The first-order valence-corrected chi connectivity index (χ1v) is 7.41. The van der Waals surface area contributed by atoms with E-state index in [1.54, 1.807) is 16.8 Å². The van der Waals surface area contributed by atoms with Crippen molar-refractivity contribution in [2.75, 3.05) is 18.4 Å². The summed E-state index contributed by atoms with van der Waals surface area (Å²) in [6.45, 7) is 2.90. The maximum Gasteiger partial charge on any atom is 0.123 e. The van der Waals surface area contributed by atoms with E-state index in [0.717, 1.165) is 43.7 Å². The fraction of sp³-hybridized carbons (Fsp3) is 0.438. The molecule has 2 aromatic rings. The van der Waals surface area contributed by atoms with E-state index in [9.17, 15) is 4.39 Å². The van der Waals surface area contributed by atoms with Crippen molar-refractivity contribution in [2.45, 2.75) is 25.4 Å². The monoisotopic (exact) mass is 288 g/mol. The van der Waals surface area contributed by atoms with Crippen LogP contribution in [0.1, 0.15) is 18.4 Å². The largest absolute Gasteiger partial charge is 0.380 e. The Hall–Kier alpha value is -1.88. The van der Waals surface area contributed by atoms with E-state index < -0.39 is 0 Å². The van der Waals surface area contributed by atoms with Crippen LogP contribution in [0.4, 0.5) is 10.1 Å². The number of aryl methyl sites for hydroxylation is 1. The molecule has 0 radical (unpaired) electrons. The lowest BCUT2D eigenvalue weighted by atomic mass is 10.0. The molecule has 1 fully saturated rings. The van der Waals surface area contributed by atoms with E-state index in [-0.39, 0.29) is 5.82 Å². The molecule has 1 N–H and O–H groups in total. The summed E-state index contributed by atoms with van der Waals surface area (Å²) in [5.74, 6) is -0.152. The minimum atomic E-state index is -0.152. The second kappa shape index (κ2) is 6.26. The summed E-state index contributed by atoms with van der Waals surface area (Å²) in [4.78, 5) is 2.39. The molecule has 1 aliphatic rings. The highest BCUT2D eigenvalue weighted by Gasteiger charge is 2.19. The molecule has 21 heavy (non-hydrogen) atoms. The quantitative estimate of drug-likeness (QED) is 0.939. The number of halogens is 1. The van der Waals surface area contributed by atoms with Gasteiger partial charge in [0.25, 0.3) is 0 Å². The predicted molar refractivity (Wildman–Crippen MR) is 81.5 cm³/mol. The molecule has 0 amide bonds. The zero-order valence-electron chi connectivity index (χ0n) is 12.3. The number of piperidine rings is 1. The summed E-state index contributed by atoms with van der Waals surface area (Å²) in [5.41, 5.74) is 2.13. The summed E-state index contributed by atoms with van der Waals surface area (Å²) >= 11 is 0. The van der Waals surface area contributed by atoms with E-state index in [4.69, 9.17) is 0 Å². The van der Waals surface area contributed by atoms with Gasteiger partial charge in [-0.25, -0.2) is 4.39 Å². The Morgan fingerprint density at radius 2 is 2.14 bits per heavy atom. The van der Waals surface area contributed by atoms with E-state index in [1.807, 2.05) is 25.5 Å². The average molecular weight is 288 g/mol. The Kier molecular flexibility index (Phi) is 4.20. The third kappa shape index (κ3) is 3.82. The van der Waals surface area contributed by atoms with Gasteiger partial charge < -0.3 is 5.32 Å². The summed E-state index contributed by atoms with van der Waals surface area (Å²) in [5, 5.41) is 7.69. The molecule has 1 aliphatic heterocycles. The number of nitrogens with zero attached hydrogens (tertiary/aromatic N) is 3. The molecule has 0 atom stereocenters. The number of likely N-dealkylation sites (tertiary alicyclic amines) is 1. The third-order valence-electron chi connectivity index (χ3n) is 3.96. The molecule has 1 aromatic carbocycles. The topological polar surface area (TPSA) is 33.1 Å². The van der Waals surface area contributed by atoms with Crippen molar-refractivity contribution < 1.29 is 4.39 Å². The lowest BCUT2D eigenvalue weighted by Gasteiger charge is -2.32. The molecule has 1 saturated heterocycles. The van der Waals surface area contributed by atoms with Crippen molar-refractivity contribution in [3.05, 3.63) is 48.0 Å². The van der Waals surface area contributed by atoms with Crippen LogP contribution in [-0.2, 0) is 13.6 Å². The zero-order valence-corrected chi connectivity index (χ0v) is 12.3. The van der Waals surface area contributed by atoms with Crippen LogP contribution < -0.4 is 5.32 Å². The summed E-state index contributed by atoms with van der Waals surface area (Å²) in [6.07, 6.45) is 6.06. The van der Waals surface area contributed by atoms with E-state index in [1.165, 1.54) is 6.07 Å². The van der Waals surface area contributed by atoms with Gasteiger partial charge in [-0.3, -0.25) is 9.58 Å². The van der Waals surface area contributed by atoms with Gasteiger partial charge in [-0.05, 0) is 30.5 Å². The van der Waals surface area contributed by atoms with E-state index in [2.05, 4.69) is 15.3 Å². The van der Waals surface area contributed by atoms with Crippen LogP contribution in [0.25, 0.3) is 0 Å². The highest BCUT2D eigenvalue weighted by molar-refractivity contribution is 5.39. The van der Waals surface area contributed by atoms with Gasteiger partial charge in [0.15, 0.2) is 0 Å². The van der Waals surface area contributed by atoms with Gasteiger partial charge in [0.1, 0.15) is 5.82 Å². The summed E-state index contributed by atoms with van der Waals surface area (Å²) in [7, 11) is 1.92. The highest BCUT2D eigenvalue weighted by atomic mass is 19.1. The van der Waals surface area contributed by atoms with Gasteiger partial charge >= 0.3 is 0 Å². The second-order valence-corrected chi connectivity index (χ2v) is 5.73. The van der Waals surface area contributed by atoms with Crippen LogP contribution >= 0.6 is 0 Å². The Bertz CT molecular complexity index is 587. The second-order valence-electron chi connectivity index (χ2n) is 5.73. The molecular formula is C16H21FN4. The maximum atomic E-state index is 13.2. The molecule has 0 spiro atoms. The van der Waals surface area contributed by atoms with Gasteiger partial charge in [0.05, 0.1) is 11.9 Å². The SMILES string of the molecule is Cn1cc(NC2CCN(Cc3cccc(F)c3)CC2)cn1. The number of aromatic nitrogens is 2. The van der Waals surface area contributed by atoms with Crippen LogP contribution in [0.3, 0.4) is 0 Å². The molecule has 0 aliphatic carbocycles. The zero-order chi connectivity index (χ0) is 14.7. The lowest BCUT2D eigenvalue weighted by Crippen LogP contribution is -2.38. The molecule has 2 heterocycles. The summed E-state index contributed by atoms with van der Waals surface area (Å²) < 4.78 is 15.0. The first kappa shape index (κ1) is 14.1. The Morgan fingerprint density at radius 3 is 2.81 bits per heavy atom. The number of nitrogens with one attached hydrogen (secondary N) is 1. The Labute approximate surface area is 124 Å². The molecule has 0 bridgehead atoms. The van der Waals surface area contributed by atoms with Gasteiger partial charge in [0, 0.05) is 38.9 Å². The molecule has 112 valence electrons. The van der Waals surface area contributed by atoms with Crippen molar-refractivity contribution in [3.8, 4) is 0 Å². The minimum absolute atomic E-state index is 0.152. The van der Waals surface area contributed by atoms with Crippen LogP contribution in [0.5, 0.6) is 0 Å². The molecule has 3 rings (SSSR count). The van der Waals surface area contributed by atoms with Crippen molar-refractivity contribution in [1.29, 1.82) is 0 Å². The molecule has 0 saturated carbocycles. The van der Waals surface area contributed by atoms with Crippen molar-refractivity contribution >= 4 is 5.69 Å². The van der Waals surface area contributed by atoms with Crippen LogP contribution in [0.15, 0.2) is 36.7 Å². The molecule has 5 heteroatoms. The first-order chi connectivity index (χ1) is 10.2. The molecular weight excluding hydrogens is 267 g/mol. The van der Waals surface area contributed by atoms with Crippen LogP contribution in [0.2, 0.25) is 0 Å².